The molecule has 9 heteroatoms. The van der Waals surface area contributed by atoms with E-state index in [9.17, 15) is 4.79 Å². The number of ether oxygens (including phenoxy) is 2. The minimum atomic E-state index is -0.296. The summed E-state index contributed by atoms with van der Waals surface area (Å²) in [6, 6.07) is 7.44. The van der Waals surface area contributed by atoms with Gasteiger partial charge in [0.15, 0.2) is 11.5 Å². The number of nitrogens with one attached hydrogen (secondary N) is 1. The van der Waals surface area contributed by atoms with Crippen molar-refractivity contribution in [3.8, 4) is 5.75 Å². The average Bonchev–Trinajstić information content (AvgIpc) is 3.44. The molecule has 1 amide bonds. The van der Waals surface area contributed by atoms with E-state index < -0.39 is 0 Å². The minimum absolute atomic E-state index is 0.0993. The summed E-state index contributed by atoms with van der Waals surface area (Å²) >= 11 is 0. The molecule has 3 heterocycles. The van der Waals surface area contributed by atoms with Gasteiger partial charge in [-0.25, -0.2) is 4.98 Å². The topological polar surface area (TPSA) is 106 Å². The lowest BCUT2D eigenvalue weighted by atomic mass is 10.1. The maximum Gasteiger partial charge on any atom is 0.277 e. The van der Waals surface area contributed by atoms with Crippen molar-refractivity contribution in [3.63, 3.8) is 0 Å². The number of aromatic nitrogens is 4. The molecule has 0 spiro atoms. The van der Waals surface area contributed by atoms with E-state index in [1.54, 1.807) is 18.9 Å². The second-order valence-corrected chi connectivity index (χ2v) is 7.52. The van der Waals surface area contributed by atoms with Crippen LogP contribution >= 0.6 is 0 Å². The van der Waals surface area contributed by atoms with E-state index in [2.05, 4.69) is 20.3 Å². The fourth-order valence-corrected chi connectivity index (χ4v) is 3.67. The minimum Gasteiger partial charge on any atom is -0.489 e. The molecule has 1 fully saturated rings. The van der Waals surface area contributed by atoms with E-state index in [1.807, 2.05) is 38.1 Å². The summed E-state index contributed by atoms with van der Waals surface area (Å²) in [5.41, 5.74) is 1.97. The van der Waals surface area contributed by atoms with E-state index >= 15 is 0 Å². The van der Waals surface area contributed by atoms with Crippen LogP contribution in [0.4, 0.5) is 0 Å². The van der Waals surface area contributed by atoms with E-state index in [-0.39, 0.29) is 30.4 Å². The van der Waals surface area contributed by atoms with Gasteiger partial charge in [0.2, 0.25) is 0 Å². The zero-order valence-corrected chi connectivity index (χ0v) is 17.5. The molecule has 2 atom stereocenters. The quantitative estimate of drug-likeness (QED) is 0.665. The monoisotopic (exact) mass is 411 g/mol. The molecule has 0 radical (unpaired) electrons. The number of aromatic amines is 1. The standard InChI is InChI=1S/C21H25N5O4/c1-12-6-5-7-15(8-12)29-11-17-13(2)30-25-19(17)21(27)26-10-16(28-4)9-18(26)20-22-14(3)23-24-20/h5-8,16,18H,9-11H2,1-4H3,(H,22,23,24)/t16-,18-/m0/s1. The highest BCUT2D eigenvalue weighted by atomic mass is 16.5. The highest BCUT2D eigenvalue weighted by molar-refractivity contribution is 5.94. The summed E-state index contributed by atoms with van der Waals surface area (Å²) in [7, 11) is 1.64. The maximum atomic E-state index is 13.4. The maximum absolute atomic E-state index is 13.4. The van der Waals surface area contributed by atoms with Crippen LogP contribution in [-0.4, -0.2) is 50.9 Å². The Bertz CT molecular complexity index is 1040. The van der Waals surface area contributed by atoms with Crippen LogP contribution in [0, 0.1) is 20.8 Å². The molecule has 30 heavy (non-hydrogen) atoms. The first-order valence-electron chi connectivity index (χ1n) is 9.83. The highest BCUT2D eigenvalue weighted by Crippen LogP contribution is 2.33. The molecule has 0 saturated carbocycles. The Morgan fingerprint density at radius 3 is 2.87 bits per heavy atom. The largest absolute Gasteiger partial charge is 0.489 e. The molecule has 1 aliphatic heterocycles. The third-order valence-corrected chi connectivity index (χ3v) is 5.33. The Balaban J connectivity index is 1.58. The van der Waals surface area contributed by atoms with Crippen molar-refractivity contribution < 1.29 is 18.8 Å². The van der Waals surface area contributed by atoms with E-state index in [0.29, 0.717) is 35.9 Å². The van der Waals surface area contributed by atoms with Crippen molar-refractivity contribution in [2.24, 2.45) is 0 Å². The number of rotatable bonds is 6. The van der Waals surface area contributed by atoms with E-state index in [1.165, 1.54) is 0 Å². The van der Waals surface area contributed by atoms with Crippen molar-refractivity contribution in [2.45, 2.75) is 45.9 Å². The number of amides is 1. The van der Waals surface area contributed by atoms with Gasteiger partial charge in [-0.1, -0.05) is 17.3 Å². The van der Waals surface area contributed by atoms with Gasteiger partial charge in [0.05, 0.1) is 17.7 Å². The lowest BCUT2D eigenvalue weighted by molar-refractivity contribution is 0.0672. The summed E-state index contributed by atoms with van der Waals surface area (Å²) in [6.07, 6.45) is 0.517. The molecule has 3 aromatic rings. The Hall–Kier alpha value is -3.20. The molecule has 1 N–H and O–H groups in total. The Morgan fingerprint density at radius 1 is 1.33 bits per heavy atom. The van der Waals surface area contributed by atoms with Gasteiger partial charge in [-0.3, -0.25) is 9.89 Å². The number of nitrogens with zero attached hydrogens (tertiary/aromatic N) is 4. The third-order valence-electron chi connectivity index (χ3n) is 5.33. The predicted octanol–water partition coefficient (Wildman–Crippen LogP) is 2.90. The van der Waals surface area contributed by atoms with Crippen LogP contribution in [-0.2, 0) is 11.3 Å². The third kappa shape index (κ3) is 3.93. The lowest BCUT2D eigenvalue weighted by Crippen LogP contribution is -2.33. The Morgan fingerprint density at radius 2 is 2.17 bits per heavy atom. The fraction of sp³-hybridized carbons (Fsp3) is 0.429. The second kappa shape index (κ2) is 8.27. The first-order valence-corrected chi connectivity index (χ1v) is 9.83. The van der Waals surface area contributed by atoms with Crippen LogP contribution < -0.4 is 4.74 Å². The molecule has 9 nitrogen and oxygen atoms in total. The molecule has 0 bridgehead atoms. The molecule has 1 aliphatic rings. The van der Waals surface area contributed by atoms with Gasteiger partial charge in [0, 0.05) is 20.1 Å². The van der Waals surface area contributed by atoms with Crippen molar-refractivity contribution in [1.82, 2.24) is 25.2 Å². The average molecular weight is 411 g/mol. The molecular formula is C21H25N5O4. The summed E-state index contributed by atoms with van der Waals surface area (Å²) in [5, 5.41) is 11.1. The van der Waals surface area contributed by atoms with Crippen LogP contribution in [0.1, 0.15) is 51.5 Å². The van der Waals surface area contributed by atoms with Crippen molar-refractivity contribution >= 4 is 5.91 Å². The van der Waals surface area contributed by atoms with Crippen LogP contribution in [0.15, 0.2) is 28.8 Å². The lowest BCUT2D eigenvalue weighted by Gasteiger charge is -2.21. The van der Waals surface area contributed by atoms with Crippen LogP contribution in [0.5, 0.6) is 5.75 Å². The zero-order chi connectivity index (χ0) is 21.3. The van der Waals surface area contributed by atoms with E-state index in [4.69, 9.17) is 14.0 Å². The van der Waals surface area contributed by atoms with Crippen LogP contribution in [0.25, 0.3) is 0 Å². The summed E-state index contributed by atoms with van der Waals surface area (Å²) in [4.78, 5) is 19.5. The SMILES string of the molecule is CO[C@H]1C[C@@H](c2n[nH]c(C)n2)N(C(=O)c2noc(C)c2COc2cccc(C)c2)C1. The number of hydrogen-bond acceptors (Lipinski definition) is 7. The smallest absolute Gasteiger partial charge is 0.277 e. The molecule has 158 valence electrons. The van der Waals surface area contributed by atoms with Gasteiger partial charge < -0.3 is 18.9 Å². The highest BCUT2D eigenvalue weighted by Gasteiger charge is 2.40. The molecule has 4 rings (SSSR count). The van der Waals surface area contributed by atoms with Crippen LogP contribution in [0.3, 0.4) is 0 Å². The van der Waals surface area contributed by atoms with E-state index in [0.717, 1.165) is 11.3 Å². The number of aryl methyl sites for hydroxylation is 3. The normalized spacial score (nSPS) is 18.7. The number of hydrogen-bond donors (Lipinski definition) is 1. The fourth-order valence-electron chi connectivity index (χ4n) is 3.67. The first kappa shape index (κ1) is 20.1. The molecule has 0 aliphatic carbocycles. The van der Waals surface area contributed by atoms with Gasteiger partial charge in [-0.15, -0.1) is 0 Å². The number of likely N-dealkylation sites (tertiary alicyclic amines) is 1. The Kier molecular flexibility index (Phi) is 5.54. The summed E-state index contributed by atoms with van der Waals surface area (Å²) in [6.45, 7) is 6.21. The van der Waals surface area contributed by atoms with Crippen molar-refractivity contribution in [2.75, 3.05) is 13.7 Å². The van der Waals surface area contributed by atoms with Gasteiger partial charge in [-0.05, 0) is 38.5 Å². The Labute approximate surface area is 174 Å². The number of H-pyrrole nitrogens is 1. The van der Waals surface area contributed by atoms with Gasteiger partial charge in [0.25, 0.3) is 5.91 Å². The molecule has 1 saturated heterocycles. The number of methoxy groups -OCH3 is 1. The van der Waals surface area contributed by atoms with Crippen LogP contribution in [0.2, 0.25) is 0 Å². The molecule has 2 aromatic heterocycles. The van der Waals surface area contributed by atoms with Gasteiger partial charge in [0.1, 0.15) is 23.9 Å². The molecule has 1 aromatic carbocycles. The number of carbonyl (C=O) groups excluding carboxylic acids is 1. The second-order valence-electron chi connectivity index (χ2n) is 7.52. The van der Waals surface area contributed by atoms with Crippen molar-refractivity contribution in [3.05, 3.63) is 58.5 Å². The number of carbonyl (C=O) groups is 1. The van der Waals surface area contributed by atoms with Crippen molar-refractivity contribution in [1.29, 1.82) is 0 Å². The van der Waals surface area contributed by atoms with Gasteiger partial charge in [-0.2, -0.15) is 5.10 Å². The van der Waals surface area contributed by atoms with Gasteiger partial charge >= 0.3 is 0 Å². The molecule has 0 unspecified atom stereocenters. The number of benzene rings is 1. The summed E-state index contributed by atoms with van der Waals surface area (Å²) in [5.74, 6) is 2.30. The predicted molar refractivity (Wildman–Crippen MR) is 107 cm³/mol. The molecular weight excluding hydrogens is 386 g/mol. The zero-order valence-electron chi connectivity index (χ0n) is 17.5. The summed E-state index contributed by atoms with van der Waals surface area (Å²) < 4.78 is 16.7. The first-order chi connectivity index (χ1) is 14.5.